The number of hydrogen-bond acceptors (Lipinski definition) is 4. The fourth-order valence-corrected chi connectivity index (χ4v) is 3.34. The van der Waals surface area contributed by atoms with Crippen LogP contribution >= 0.6 is 11.8 Å². The number of thioether (sulfide) groups is 1. The minimum atomic E-state index is 0.257. The Labute approximate surface area is 97.7 Å². The number of rotatable bonds is 2. The van der Waals surface area contributed by atoms with E-state index in [2.05, 4.69) is 10.2 Å². The molecule has 0 aromatic carbocycles. The fraction of sp³-hybridized carbons (Fsp3) is 0.455. The lowest BCUT2D eigenvalue weighted by molar-refractivity contribution is 0.471. The van der Waals surface area contributed by atoms with E-state index in [1.807, 2.05) is 16.2 Å². The molecule has 3 heterocycles. The molecule has 1 aliphatic rings. The molecule has 0 bridgehead atoms. The Morgan fingerprint density at radius 3 is 3.19 bits per heavy atom. The molecule has 0 spiro atoms. The van der Waals surface area contributed by atoms with Crippen LogP contribution in [0.4, 0.5) is 0 Å². The van der Waals surface area contributed by atoms with E-state index < -0.39 is 0 Å². The van der Waals surface area contributed by atoms with Crippen molar-refractivity contribution in [1.82, 2.24) is 14.6 Å². The summed E-state index contributed by atoms with van der Waals surface area (Å²) in [5.41, 5.74) is 0.802. The van der Waals surface area contributed by atoms with Gasteiger partial charge in [-0.1, -0.05) is 0 Å². The molecular formula is C11H13N3OS. The maximum absolute atomic E-state index is 9.45. The molecule has 1 saturated heterocycles. The largest absolute Gasteiger partial charge is 0.506 e. The van der Waals surface area contributed by atoms with E-state index in [0.717, 1.165) is 17.9 Å². The number of aromatic nitrogens is 3. The first-order valence-electron chi connectivity index (χ1n) is 5.47. The number of aromatic hydroxyl groups is 1. The van der Waals surface area contributed by atoms with Crippen LogP contribution in [0.3, 0.4) is 0 Å². The summed E-state index contributed by atoms with van der Waals surface area (Å²) in [6.45, 7) is 0. The van der Waals surface area contributed by atoms with Gasteiger partial charge in [-0.05, 0) is 30.7 Å². The van der Waals surface area contributed by atoms with Gasteiger partial charge in [0.05, 0.1) is 6.20 Å². The molecule has 1 fully saturated rings. The zero-order valence-electron chi connectivity index (χ0n) is 8.83. The molecule has 2 aromatic heterocycles. The van der Waals surface area contributed by atoms with Gasteiger partial charge < -0.3 is 5.11 Å². The Morgan fingerprint density at radius 1 is 1.44 bits per heavy atom. The molecule has 16 heavy (non-hydrogen) atoms. The normalized spacial score (nSPS) is 20.6. The predicted octanol–water partition coefficient (Wildman–Crippen LogP) is 1.87. The molecule has 5 heteroatoms. The second-order valence-electron chi connectivity index (χ2n) is 4.07. The molecule has 84 valence electrons. The SMILES string of the molecule is Oc1ccc2nnc(CC3CCCS3)n2c1. The second kappa shape index (κ2) is 3.97. The molecule has 2 aromatic rings. The van der Waals surface area contributed by atoms with Gasteiger partial charge in [-0.25, -0.2) is 0 Å². The number of nitrogens with zero attached hydrogens (tertiary/aromatic N) is 3. The van der Waals surface area contributed by atoms with Crippen LogP contribution in [0.5, 0.6) is 5.75 Å². The van der Waals surface area contributed by atoms with Crippen molar-refractivity contribution in [1.29, 1.82) is 0 Å². The first-order valence-corrected chi connectivity index (χ1v) is 6.52. The Morgan fingerprint density at radius 2 is 2.38 bits per heavy atom. The van der Waals surface area contributed by atoms with Crippen molar-refractivity contribution in [3.8, 4) is 5.75 Å². The van der Waals surface area contributed by atoms with E-state index in [4.69, 9.17) is 0 Å². The van der Waals surface area contributed by atoms with Gasteiger partial charge in [0.15, 0.2) is 5.65 Å². The quantitative estimate of drug-likeness (QED) is 0.863. The Hall–Kier alpha value is -1.23. The Bertz CT molecular complexity index is 505. The van der Waals surface area contributed by atoms with Crippen LogP contribution in [0.15, 0.2) is 18.3 Å². The highest BCUT2D eigenvalue weighted by Gasteiger charge is 2.18. The van der Waals surface area contributed by atoms with Crippen molar-refractivity contribution in [2.24, 2.45) is 0 Å². The van der Waals surface area contributed by atoms with E-state index in [9.17, 15) is 5.11 Å². The van der Waals surface area contributed by atoms with Gasteiger partial charge in [0, 0.05) is 11.7 Å². The number of fused-ring (bicyclic) bond motifs is 1. The molecule has 0 aliphatic carbocycles. The van der Waals surface area contributed by atoms with Crippen LogP contribution in [0.25, 0.3) is 5.65 Å². The third-order valence-electron chi connectivity index (χ3n) is 2.89. The second-order valence-corrected chi connectivity index (χ2v) is 5.48. The van der Waals surface area contributed by atoms with Crippen LogP contribution in [-0.2, 0) is 6.42 Å². The number of pyridine rings is 1. The molecule has 0 saturated carbocycles. The van der Waals surface area contributed by atoms with Gasteiger partial charge in [0.25, 0.3) is 0 Å². The smallest absolute Gasteiger partial charge is 0.161 e. The molecular weight excluding hydrogens is 222 g/mol. The van der Waals surface area contributed by atoms with Gasteiger partial charge in [-0.3, -0.25) is 4.40 Å². The van der Waals surface area contributed by atoms with Crippen molar-refractivity contribution in [3.63, 3.8) is 0 Å². The van der Waals surface area contributed by atoms with Crippen molar-refractivity contribution in [2.45, 2.75) is 24.5 Å². The zero-order chi connectivity index (χ0) is 11.0. The van der Waals surface area contributed by atoms with Crippen molar-refractivity contribution >= 4 is 17.4 Å². The highest BCUT2D eigenvalue weighted by Crippen LogP contribution is 2.28. The topological polar surface area (TPSA) is 50.4 Å². The highest BCUT2D eigenvalue weighted by molar-refractivity contribution is 8.00. The third kappa shape index (κ3) is 1.75. The van der Waals surface area contributed by atoms with Crippen molar-refractivity contribution < 1.29 is 5.11 Å². The maximum atomic E-state index is 9.45. The van der Waals surface area contributed by atoms with Gasteiger partial charge in [-0.15, -0.1) is 10.2 Å². The summed E-state index contributed by atoms with van der Waals surface area (Å²) in [6.07, 6.45) is 5.19. The molecule has 3 rings (SSSR count). The first kappa shape index (κ1) is 9.96. The summed E-state index contributed by atoms with van der Waals surface area (Å²) in [4.78, 5) is 0. The lowest BCUT2D eigenvalue weighted by Gasteiger charge is -2.06. The summed E-state index contributed by atoms with van der Waals surface area (Å²) in [7, 11) is 0. The molecule has 1 N–H and O–H groups in total. The van der Waals surface area contributed by atoms with Gasteiger partial charge in [0.2, 0.25) is 0 Å². The van der Waals surface area contributed by atoms with Gasteiger partial charge >= 0.3 is 0 Å². The molecule has 0 amide bonds. The van der Waals surface area contributed by atoms with Gasteiger partial charge in [-0.2, -0.15) is 11.8 Å². The predicted molar refractivity (Wildman–Crippen MR) is 63.8 cm³/mol. The summed E-state index contributed by atoms with van der Waals surface area (Å²) >= 11 is 2.01. The van der Waals surface area contributed by atoms with Crippen LogP contribution < -0.4 is 0 Å². The zero-order valence-corrected chi connectivity index (χ0v) is 9.65. The molecule has 0 radical (unpaired) electrons. The fourth-order valence-electron chi connectivity index (χ4n) is 2.08. The van der Waals surface area contributed by atoms with E-state index >= 15 is 0 Å². The third-order valence-corrected chi connectivity index (χ3v) is 4.29. The van der Waals surface area contributed by atoms with E-state index in [1.165, 1.54) is 18.6 Å². The van der Waals surface area contributed by atoms with Crippen LogP contribution in [0, 0.1) is 0 Å². The van der Waals surface area contributed by atoms with E-state index in [1.54, 1.807) is 18.3 Å². The first-order chi connectivity index (χ1) is 7.83. The van der Waals surface area contributed by atoms with Crippen molar-refractivity contribution in [3.05, 3.63) is 24.2 Å². The van der Waals surface area contributed by atoms with Crippen LogP contribution in [0.2, 0.25) is 0 Å². The lowest BCUT2D eigenvalue weighted by Crippen LogP contribution is -2.05. The standard InChI is InChI=1S/C11H13N3OS/c15-8-3-4-10-12-13-11(14(10)7-8)6-9-2-1-5-16-9/h3-4,7,9,15H,1-2,5-6H2. The van der Waals surface area contributed by atoms with E-state index in [-0.39, 0.29) is 5.75 Å². The van der Waals surface area contributed by atoms with Crippen LogP contribution in [0.1, 0.15) is 18.7 Å². The summed E-state index contributed by atoms with van der Waals surface area (Å²) < 4.78 is 1.88. The highest BCUT2D eigenvalue weighted by atomic mass is 32.2. The molecule has 1 atom stereocenters. The average molecular weight is 235 g/mol. The van der Waals surface area contributed by atoms with E-state index in [0.29, 0.717) is 5.25 Å². The van der Waals surface area contributed by atoms with Gasteiger partial charge in [0.1, 0.15) is 11.6 Å². The molecule has 1 aliphatic heterocycles. The molecule has 1 unspecified atom stereocenters. The average Bonchev–Trinajstić information content (AvgIpc) is 2.90. The monoisotopic (exact) mass is 235 g/mol. The minimum absolute atomic E-state index is 0.257. The Kier molecular flexibility index (Phi) is 2.47. The summed E-state index contributed by atoms with van der Waals surface area (Å²) in [6, 6.07) is 3.42. The van der Waals surface area contributed by atoms with Crippen LogP contribution in [-0.4, -0.2) is 30.7 Å². The summed E-state index contributed by atoms with van der Waals surface area (Å²) in [5.74, 6) is 2.46. The number of hydrogen-bond donors (Lipinski definition) is 1. The molecule has 4 nitrogen and oxygen atoms in total. The minimum Gasteiger partial charge on any atom is -0.506 e. The Balaban J connectivity index is 1.93. The lowest BCUT2D eigenvalue weighted by atomic mass is 10.2. The maximum Gasteiger partial charge on any atom is 0.161 e. The van der Waals surface area contributed by atoms with Crippen molar-refractivity contribution in [2.75, 3.05) is 5.75 Å². The summed E-state index contributed by atoms with van der Waals surface area (Å²) in [5, 5.41) is 18.4.